The lowest BCUT2D eigenvalue weighted by Gasteiger charge is -2.32. The molecule has 1 unspecified atom stereocenters. The highest BCUT2D eigenvalue weighted by Gasteiger charge is 2.46. The van der Waals surface area contributed by atoms with E-state index in [1.807, 2.05) is 61.5 Å². The minimum Gasteiger partial charge on any atom is -0.503 e. The monoisotopic (exact) mass is 419 g/mol. The third-order valence-corrected chi connectivity index (χ3v) is 6.23. The molecule has 1 amide bonds. The highest BCUT2D eigenvalue weighted by molar-refractivity contribution is 6.09. The third-order valence-electron chi connectivity index (χ3n) is 6.23. The van der Waals surface area contributed by atoms with Gasteiger partial charge in [-0.2, -0.15) is 0 Å². The van der Waals surface area contributed by atoms with E-state index in [9.17, 15) is 14.7 Å². The van der Waals surface area contributed by atoms with E-state index in [1.165, 1.54) is 0 Å². The Labute approximate surface area is 183 Å². The van der Waals surface area contributed by atoms with Gasteiger partial charge in [-0.15, -0.1) is 0 Å². The summed E-state index contributed by atoms with van der Waals surface area (Å²) in [6.45, 7) is 2.45. The van der Waals surface area contributed by atoms with Gasteiger partial charge in [0.05, 0.1) is 18.2 Å². The van der Waals surface area contributed by atoms with Crippen LogP contribution in [0.25, 0.3) is 0 Å². The normalized spacial score (nSPS) is 19.3. The van der Waals surface area contributed by atoms with Crippen molar-refractivity contribution in [3.05, 3.63) is 77.1 Å². The summed E-state index contributed by atoms with van der Waals surface area (Å²) in [5, 5.41) is 10.8. The zero-order chi connectivity index (χ0) is 21.8. The van der Waals surface area contributed by atoms with Gasteiger partial charge in [-0.3, -0.25) is 9.59 Å². The molecule has 0 radical (unpaired) electrons. The Kier molecular flexibility index (Phi) is 6.40. The molecule has 0 saturated heterocycles. The summed E-state index contributed by atoms with van der Waals surface area (Å²) in [4.78, 5) is 28.2. The molecule has 162 valence electrons. The number of hydrogen-bond donors (Lipinski definition) is 1. The molecule has 0 spiro atoms. The number of amides is 1. The van der Waals surface area contributed by atoms with Crippen molar-refractivity contribution in [3.8, 4) is 5.75 Å². The largest absolute Gasteiger partial charge is 0.503 e. The number of aliphatic hydroxyl groups is 1. The lowest BCUT2D eigenvalue weighted by Crippen LogP contribution is -2.38. The van der Waals surface area contributed by atoms with Crippen LogP contribution in [-0.2, 0) is 16.0 Å². The van der Waals surface area contributed by atoms with Gasteiger partial charge in [0.15, 0.2) is 11.5 Å². The van der Waals surface area contributed by atoms with E-state index in [2.05, 4.69) is 0 Å². The van der Waals surface area contributed by atoms with Crippen molar-refractivity contribution in [2.24, 2.45) is 0 Å². The molecular weight excluding hydrogens is 390 g/mol. The average molecular weight is 420 g/mol. The first-order chi connectivity index (χ1) is 15.1. The number of aliphatic hydroxyl groups excluding tert-OH is 1. The summed E-state index contributed by atoms with van der Waals surface area (Å²) in [6.07, 6.45) is 4.71. The molecule has 1 aliphatic carbocycles. The molecule has 1 aliphatic heterocycles. The van der Waals surface area contributed by atoms with E-state index < -0.39 is 17.7 Å². The molecule has 0 aromatic heterocycles. The first kappa shape index (κ1) is 21.2. The number of ether oxygens (including phenoxy) is 1. The van der Waals surface area contributed by atoms with Crippen molar-refractivity contribution in [1.82, 2.24) is 4.90 Å². The van der Waals surface area contributed by atoms with Crippen LogP contribution in [-0.4, -0.2) is 34.3 Å². The number of Topliss-reactive ketones (excluding diaryl/α,β-unsaturated/α-hetero) is 1. The second-order valence-electron chi connectivity index (χ2n) is 8.23. The second kappa shape index (κ2) is 9.38. The van der Waals surface area contributed by atoms with Crippen LogP contribution in [0.2, 0.25) is 0 Å². The summed E-state index contributed by atoms with van der Waals surface area (Å²) in [6, 6.07) is 16.8. The number of hydrogen-bond acceptors (Lipinski definition) is 4. The maximum atomic E-state index is 13.3. The van der Waals surface area contributed by atoms with Crippen molar-refractivity contribution in [1.29, 1.82) is 0 Å². The molecule has 5 heteroatoms. The fourth-order valence-corrected chi connectivity index (χ4v) is 4.77. The Bertz CT molecular complexity index is 976. The quantitative estimate of drug-likeness (QED) is 0.659. The van der Waals surface area contributed by atoms with Gasteiger partial charge in [-0.05, 0) is 49.4 Å². The minimum atomic E-state index is -0.570. The SMILES string of the molecule is CCOc1cccc(C2C(C(=O)CCc3ccccc3)=C(O)C(=O)N2C2CCCC2)c1. The van der Waals surface area contributed by atoms with Gasteiger partial charge >= 0.3 is 0 Å². The molecule has 1 saturated carbocycles. The number of carbonyl (C=O) groups is 2. The van der Waals surface area contributed by atoms with E-state index >= 15 is 0 Å². The standard InChI is InChI=1S/C26H29NO4/c1-2-31-21-14-8-11-19(17-21)24-23(22(28)16-15-18-9-4-3-5-10-18)25(29)26(30)27(24)20-12-6-7-13-20/h3-5,8-11,14,17,20,24,29H,2,6-7,12-13,15-16H2,1H3. The van der Waals surface area contributed by atoms with Crippen LogP contribution in [0.1, 0.15) is 56.2 Å². The lowest BCUT2D eigenvalue weighted by atomic mass is 9.92. The van der Waals surface area contributed by atoms with Crippen molar-refractivity contribution in [3.63, 3.8) is 0 Å². The molecule has 0 bridgehead atoms. The van der Waals surface area contributed by atoms with E-state index in [1.54, 1.807) is 4.90 Å². The molecule has 2 aromatic carbocycles. The summed E-state index contributed by atoms with van der Waals surface area (Å²) in [5.74, 6) is -0.304. The molecule has 1 atom stereocenters. The van der Waals surface area contributed by atoms with Crippen molar-refractivity contribution in [2.75, 3.05) is 6.61 Å². The molecular formula is C26H29NO4. The van der Waals surface area contributed by atoms with Crippen LogP contribution < -0.4 is 4.74 Å². The van der Waals surface area contributed by atoms with E-state index in [4.69, 9.17) is 4.74 Å². The van der Waals surface area contributed by atoms with Gasteiger partial charge in [-0.25, -0.2) is 0 Å². The number of rotatable bonds is 8. The van der Waals surface area contributed by atoms with Crippen LogP contribution in [0, 0.1) is 0 Å². The average Bonchev–Trinajstić information content (AvgIpc) is 3.40. The minimum absolute atomic E-state index is 0.0369. The number of benzene rings is 2. The van der Waals surface area contributed by atoms with Crippen molar-refractivity contribution in [2.45, 2.75) is 57.5 Å². The van der Waals surface area contributed by atoms with E-state index in [0.29, 0.717) is 18.8 Å². The van der Waals surface area contributed by atoms with Crippen LogP contribution in [0.5, 0.6) is 5.75 Å². The first-order valence-corrected chi connectivity index (χ1v) is 11.2. The Morgan fingerprint density at radius 2 is 1.84 bits per heavy atom. The molecule has 1 heterocycles. The Hall–Kier alpha value is -3.08. The number of ketones is 1. The summed E-state index contributed by atoms with van der Waals surface area (Å²) in [7, 11) is 0. The lowest BCUT2D eigenvalue weighted by molar-refractivity contribution is -0.131. The Balaban J connectivity index is 1.67. The second-order valence-corrected chi connectivity index (χ2v) is 8.23. The van der Waals surface area contributed by atoms with Crippen LogP contribution in [0.4, 0.5) is 0 Å². The zero-order valence-corrected chi connectivity index (χ0v) is 17.9. The fraction of sp³-hybridized carbons (Fsp3) is 0.385. The zero-order valence-electron chi connectivity index (χ0n) is 17.9. The predicted molar refractivity (Wildman–Crippen MR) is 119 cm³/mol. The van der Waals surface area contributed by atoms with Gasteiger partial charge in [-0.1, -0.05) is 55.3 Å². The van der Waals surface area contributed by atoms with Gasteiger partial charge in [0.25, 0.3) is 5.91 Å². The summed E-state index contributed by atoms with van der Waals surface area (Å²) in [5.41, 5.74) is 2.09. The maximum absolute atomic E-state index is 13.3. The highest BCUT2D eigenvalue weighted by atomic mass is 16.5. The molecule has 2 aliphatic rings. The molecule has 4 rings (SSSR count). The van der Waals surface area contributed by atoms with Gasteiger partial charge in [0, 0.05) is 12.5 Å². The van der Waals surface area contributed by atoms with Crippen LogP contribution in [0.3, 0.4) is 0 Å². The van der Waals surface area contributed by atoms with E-state index in [0.717, 1.165) is 36.8 Å². The predicted octanol–water partition coefficient (Wildman–Crippen LogP) is 4.93. The van der Waals surface area contributed by atoms with Crippen LogP contribution in [0.15, 0.2) is 65.9 Å². The number of nitrogens with zero attached hydrogens (tertiary/aromatic N) is 1. The Morgan fingerprint density at radius 1 is 1.10 bits per heavy atom. The molecule has 5 nitrogen and oxygen atoms in total. The molecule has 31 heavy (non-hydrogen) atoms. The fourth-order valence-electron chi connectivity index (χ4n) is 4.77. The van der Waals surface area contributed by atoms with Gasteiger partial charge < -0.3 is 14.7 Å². The molecule has 2 aromatic rings. The maximum Gasteiger partial charge on any atom is 0.290 e. The molecule has 1 fully saturated rings. The van der Waals surface area contributed by atoms with Crippen molar-refractivity contribution < 1.29 is 19.4 Å². The van der Waals surface area contributed by atoms with Gasteiger partial charge in [0.2, 0.25) is 0 Å². The molecule has 1 N–H and O–H groups in total. The summed E-state index contributed by atoms with van der Waals surface area (Å²) >= 11 is 0. The summed E-state index contributed by atoms with van der Waals surface area (Å²) < 4.78 is 5.65. The highest BCUT2D eigenvalue weighted by Crippen LogP contribution is 2.43. The first-order valence-electron chi connectivity index (χ1n) is 11.2. The number of aryl methyl sites for hydroxylation is 1. The number of carbonyl (C=O) groups excluding carboxylic acids is 2. The van der Waals surface area contributed by atoms with Gasteiger partial charge in [0.1, 0.15) is 5.75 Å². The van der Waals surface area contributed by atoms with Crippen LogP contribution >= 0.6 is 0 Å². The smallest absolute Gasteiger partial charge is 0.290 e. The topological polar surface area (TPSA) is 66.8 Å². The Morgan fingerprint density at radius 3 is 2.55 bits per heavy atom. The van der Waals surface area contributed by atoms with E-state index in [-0.39, 0.29) is 23.8 Å². The third kappa shape index (κ3) is 4.36. The van der Waals surface area contributed by atoms with Crippen molar-refractivity contribution >= 4 is 11.7 Å².